The first kappa shape index (κ1) is 17.9. The monoisotopic (exact) mass is 356 g/mol. The number of benzene rings is 2. The number of amides is 2. The van der Waals surface area contributed by atoms with Gasteiger partial charge in [0, 0.05) is 6.54 Å². The minimum atomic E-state index is -0.791. The first-order valence-electron chi connectivity index (χ1n) is 8.67. The molecule has 0 bridgehead atoms. The second-order valence-corrected chi connectivity index (χ2v) is 6.14. The van der Waals surface area contributed by atoms with Crippen molar-refractivity contribution in [1.29, 1.82) is 0 Å². The van der Waals surface area contributed by atoms with Gasteiger partial charge in [-0.3, -0.25) is 9.59 Å². The fraction of sp³-hybridized carbons (Fsp3) is 0.300. The molecule has 6 heteroatoms. The molecule has 0 spiro atoms. The van der Waals surface area contributed by atoms with Crippen molar-refractivity contribution < 1.29 is 18.7 Å². The first-order chi connectivity index (χ1) is 12.6. The largest absolute Gasteiger partial charge is 0.477 e. The summed E-state index contributed by atoms with van der Waals surface area (Å²) in [5.41, 5.74) is 0.918. The normalized spacial score (nSPS) is 15.8. The fourth-order valence-electron chi connectivity index (χ4n) is 2.87. The van der Waals surface area contributed by atoms with Crippen LogP contribution in [-0.4, -0.2) is 31.0 Å². The van der Waals surface area contributed by atoms with Gasteiger partial charge in [0.05, 0.1) is 18.7 Å². The first-order valence-corrected chi connectivity index (χ1v) is 8.67. The van der Waals surface area contributed by atoms with Gasteiger partial charge in [-0.25, -0.2) is 4.39 Å². The van der Waals surface area contributed by atoms with E-state index < -0.39 is 11.9 Å². The maximum absolute atomic E-state index is 13.9. The van der Waals surface area contributed by atoms with Crippen molar-refractivity contribution in [2.75, 3.05) is 18.0 Å². The van der Waals surface area contributed by atoms with Gasteiger partial charge in [-0.1, -0.05) is 37.3 Å². The van der Waals surface area contributed by atoms with Crippen molar-refractivity contribution >= 4 is 17.5 Å². The van der Waals surface area contributed by atoms with E-state index in [0.717, 1.165) is 6.42 Å². The lowest BCUT2D eigenvalue weighted by Gasteiger charge is -2.34. The molecule has 1 atom stereocenters. The summed E-state index contributed by atoms with van der Waals surface area (Å²) in [6.45, 7) is 2.60. The number of nitrogens with zero attached hydrogens (tertiary/aromatic N) is 1. The summed E-state index contributed by atoms with van der Waals surface area (Å²) in [5.74, 6) is -0.485. The minimum Gasteiger partial charge on any atom is -0.477 e. The van der Waals surface area contributed by atoms with E-state index in [4.69, 9.17) is 4.74 Å². The Morgan fingerprint density at radius 2 is 1.92 bits per heavy atom. The number of rotatable bonds is 5. The van der Waals surface area contributed by atoms with Gasteiger partial charge in [-0.2, -0.15) is 0 Å². The Hall–Kier alpha value is -2.89. The molecule has 136 valence electrons. The van der Waals surface area contributed by atoms with Crippen LogP contribution in [0.1, 0.15) is 18.9 Å². The van der Waals surface area contributed by atoms with Crippen LogP contribution >= 0.6 is 0 Å². The third kappa shape index (κ3) is 3.85. The zero-order chi connectivity index (χ0) is 18.5. The highest BCUT2D eigenvalue weighted by atomic mass is 19.1. The zero-order valence-corrected chi connectivity index (χ0v) is 14.6. The Morgan fingerprint density at radius 1 is 1.19 bits per heavy atom. The quantitative estimate of drug-likeness (QED) is 0.896. The van der Waals surface area contributed by atoms with E-state index in [1.165, 1.54) is 11.0 Å². The molecule has 0 aliphatic carbocycles. The highest BCUT2D eigenvalue weighted by molar-refractivity contribution is 5.98. The minimum absolute atomic E-state index is 0.0791. The van der Waals surface area contributed by atoms with E-state index >= 15 is 0 Å². The van der Waals surface area contributed by atoms with Gasteiger partial charge in [0.1, 0.15) is 11.6 Å². The molecule has 1 heterocycles. The summed E-state index contributed by atoms with van der Waals surface area (Å²) >= 11 is 0. The van der Waals surface area contributed by atoms with E-state index in [2.05, 4.69) is 5.32 Å². The molecular formula is C20H21FN2O3. The predicted molar refractivity (Wildman–Crippen MR) is 96.6 cm³/mol. The topological polar surface area (TPSA) is 58.6 Å². The molecular weight excluding hydrogens is 335 g/mol. The Bertz CT molecular complexity index is 809. The van der Waals surface area contributed by atoms with Gasteiger partial charge in [-0.05, 0) is 30.2 Å². The summed E-state index contributed by atoms with van der Waals surface area (Å²) < 4.78 is 19.7. The maximum atomic E-state index is 13.9. The average molecular weight is 356 g/mol. The van der Waals surface area contributed by atoms with Crippen LogP contribution in [0.25, 0.3) is 0 Å². The van der Waals surface area contributed by atoms with E-state index in [1.807, 2.05) is 6.92 Å². The van der Waals surface area contributed by atoms with Crippen LogP contribution in [0.15, 0.2) is 48.5 Å². The van der Waals surface area contributed by atoms with Gasteiger partial charge < -0.3 is 15.0 Å². The second kappa shape index (κ2) is 7.99. The standard InChI is InChI=1S/C20H21FN2O3/c1-2-11-22-20(25)18-13-23(16-9-5-6-10-17(16)26-18)19(24)12-14-7-3-4-8-15(14)21/h3-10,18H,2,11-13H2,1H3,(H,22,25)/t18-/m1/s1. The van der Waals surface area contributed by atoms with Gasteiger partial charge in [0.2, 0.25) is 5.91 Å². The molecule has 1 aliphatic heterocycles. The Labute approximate surface area is 151 Å². The number of nitrogens with one attached hydrogen (secondary N) is 1. The van der Waals surface area contributed by atoms with Crippen LogP contribution in [0.5, 0.6) is 5.75 Å². The third-order valence-corrected chi connectivity index (χ3v) is 4.22. The van der Waals surface area contributed by atoms with Crippen LogP contribution in [0, 0.1) is 5.82 Å². The molecule has 26 heavy (non-hydrogen) atoms. The summed E-state index contributed by atoms with van der Waals surface area (Å²) in [6, 6.07) is 13.3. The Kier molecular flexibility index (Phi) is 5.51. The van der Waals surface area contributed by atoms with Crippen LogP contribution in [0.4, 0.5) is 10.1 Å². The number of anilines is 1. The molecule has 0 fully saturated rings. The number of hydrogen-bond acceptors (Lipinski definition) is 3. The lowest BCUT2D eigenvalue weighted by atomic mass is 10.1. The summed E-state index contributed by atoms with van der Waals surface area (Å²) in [5, 5.41) is 2.79. The molecule has 2 aromatic rings. The van der Waals surface area contributed by atoms with Crippen LogP contribution in [0.2, 0.25) is 0 Å². The SMILES string of the molecule is CCCNC(=O)[C@H]1CN(C(=O)Cc2ccccc2F)c2ccccc2O1. The molecule has 0 radical (unpaired) electrons. The molecule has 0 aromatic heterocycles. The van der Waals surface area contributed by atoms with Crippen LogP contribution in [0.3, 0.4) is 0 Å². The molecule has 1 aliphatic rings. The van der Waals surface area contributed by atoms with E-state index in [-0.39, 0.29) is 24.8 Å². The number of carbonyl (C=O) groups is 2. The summed E-state index contributed by atoms with van der Waals surface area (Å²) in [4.78, 5) is 26.7. The number of fused-ring (bicyclic) bond motifs is 1. The van der Waals surface area contributed by atoms with E-state index in [9.17, 15) is 14.0 Å². The molecule has 0 saturated heterocycles. The van der Waals surface area contributed by atoms with Crippen molar-refractivity contribution in [3.8, 4) is 5.75 Å². The van der Waals surface area contributed by atoms with Gasteiger partial charge in [0.15, 0.2) is 6.10 Å². The highest BCUT2D eigenvalue weighted by Crippen LogP contribution is 2.33. The molecule has 1 N–H and O–H groups in total. The fourth-order valence-corrected chi connectivity index (χ4v) is 2.87. The lowest BCUT2D eigenvalue weighted by molar-refractivity contribution is -0.128. The van der Waals surface area contributed by atoms with Crippen molar-refractivity contribution in [2.45, 2.75) is 25.9 Å². The van der Waals surface area contributed by atoms with Crippen molar-refractivity contribution in [3.63, 3.8) is 0 Å². The molecule has 5 nitrogen and oxygen atoms in total. The van der Waals surface area contributed by atoms with Crippen LogP contribution in [-0.2, 0) is 16.0 Å². The lowest BCUT2D eigenvalue weighted by Crippen LogP contribution is -2.51. The third-order valence-electron chi connectivity index (χ3n) is 4.22. The maximum Gasteiger partial charge on any atom is 0.262 e. The van der Waals surface area contributed by atoms with Crippen molar-refractivity contribution in [3.05, 3.63) is 59.9 Å². The molecule has 2 amide bonds. The summed E-state index contributed by atoms with van der Waals surface area (Å²) in [6.07, 6.45) is -0.0593. The molecule has 2 aromatic carbocycles. The highest BCUT2D eigenvalue weighted by Gasteiger charge is 2.33. The number of ether oxygens (including phenoxy) is 1. The van der Waals surface area contributed by atoms with Crippen molar-refractivity contribution in [2.24, 2.45) is 0 Å². The molecule has 3 rings (SSSR count). The average Bonchev–Trinajstić information content (AvgIpc) is 2.66. The number of halogens is 1. The number of hydrogen-bond donors (Lipinski definition) is 1. The number of carbonyl (C=O) groups excluding carboxylic acids is 2. The van der Waals surface area contributed by atoms with E-state index in [1.54, 1.807) is 42.5 Å². The molecule has 0 unspecified atom stereocenters. The zero-order valence-electron chi connectivity index (χ0n) is 14.6. The van der Waals surface area contributed by atoms with E-state index in [0.29, 0.717) is 23.5 Å². The smallest absolute Gasteiger partial charge is 0.262 e. The Morgan fingerprint density at radius 3 is 2.69 bits per heavy atom. The molecule has 0 saturated carbocycles. The Balaban J connectivity index is 1.83. The van der Waals surface area contributed by atoms with Gasteiger partial charge in [0.25, 0.3) is 5.91 Å². The second-order valence-electron chi connectivity index (χ2n) is 6.14. The number of para-hydroxylation sites is 2. The predicted octanol–water partition coefficient (Wildman–Crippen LogP) is 2.69. The summed E-state index contributed by atoms with van der Waals surface area (Å²) in [7, 11) is 0. The van der Waals surface area contributed by atoms with Crippen molar-refractivity contribution in [1.82, 2.24) is 5.32 Å². The van der Waals surface area contributed by atoms with Gasteiger partial charge in [-0.15, -0.1) is 0 Å². The van der Waals surface area contributed by atoms with Crippen LogP contribution < -0.4 is 15.0 Å². The van der Waals surface area contributed by atoms with Gasteiger partial charge >= 0.3 is 0 Å².